The van der Waals surface area contributed by atoms with Crippen LogP contribution in [0.15, 0.2) is 53.3 Å². The van der Waals surface area contributed by atoms with Gasteiger partial charge in [-0.3, -0.25) is 0 Å². The van der Waals surface area contributed by atoms with E-state index in [1.165, 1.54) is 5.56 Å². The number of benzene rings is 1. The third-order valence-corrected chi connectivity index (χ3v) is 4.59. The highest BCUT2D eigenvalue weighted by Crippen LogP contribution is 2.29. The highest BCUT2D eigenvalue weighted by atomic mass is 35.5. The van der Waals surface area contributed by atoms with Crippen molar-refractivity contribution in [3.63, 3.8) is 0 Å². The summed E-state index contributed by atoms with van der Waals surface area (Å²) in [6, 6.07) is 12.0. The number of nitrogens with one attached hydrogen (secondary N) is 1. The number of imidazole rings is 1. The van der Waals surface area contributed by atoms with E-state index in [-0.39, 0.29) is 18.4 Å². The molecule has 1 atom stereocenters. The Kier molecular flexibility index (Phi) is 6.51. The lowest BCUT2D eigenvalue weighted by atomic mass is 10.2. The lowest BCUT2D eigenvalue weighted by Crippen LogP contribution is -2.24. The van der Waals surface area contributed by atoms with Gasteiger partial charge in [0.05, 0.1) is 11.3 Å². The van der Waals surface area contributed by atoms with Gasteiger partial charge in [0.1, 0.15) is 18.0 Å². The standard InChI is InChI=1S/C21H23N5O2.ClH/c1-14-8-9-20-23-16(12-26(20)11-14)13-27-18-7-5-4-6-17(18)21-24-19(25-28-21)10-15(2)22-3;/h4-9,11-12,15,22H,10,13H2,1-3H3;1H. The highest BCUT2D eigenvalue weighted by Gasteiger charge is 2.15. The number of aryl methyl sites for hydroxylation is 1. The van der Waals surface area contributed by atoms with Crippen LogP contribution in [0.3, 0.4) is 0 Å². The molecule has 0 fully saturated rings. The number of ether oxygens (including phenoxy) is 1. The minimum atomic E-state index is 0. The van der Waals surface area contributed by atoms with Crippen molar-refractivity contribution in [2.24, 2.45) is 0 Å². The maximum absolute atomic E-state index is 6.03. The fraction of sp³-hybridized carbons (Fsp3) is 0.286. The fourth-order valence-electron chi connectivity index (χ4n) is 2.97. The average molecular weight is 414 g/mol. The van der Waals surface area contributed by atoms with Gasteiger partial charge in [0.2, 0.25) is 0 Å². The third-order valence-electron chi connectivity index (χ3n) is 4.59. The van der Waals surface area contributed by atoms with E-state index in [2.05, 4.69) is 34.3 Å². The van der Waals surface area contributed by atoms with E-state index in [9.17, 15) is 0 Å². The average Bonchev–Trinajstić information content (AvgIpc) is 3.32. The summed E-state index contributed by atoms with van der Waals surface area (Å²) in [6.07, 6.45) is 4.73. The fourth-order valence-corrected chi connectivity index (χ4v) is 2.97. The molecule has 3 heterocycles. The van der Waals surface area contributed by atoms with Crippen LogP contribution in [0.25, 0.3) is 17.1 Å². The zero-order valence-electron chi connectivity index (χ0n) is 16.6. The first-order chi connectivity index (χ1) is 13.6. The Balaban J connectivity index is 0.00000240. The van der Waals surface area contributed by atoms with Crippen LogP contribution in [0, 0.1) is 6.92 Å². The van der Waals surface area contributed by atoms with Gasteiger partial charge in [-0.25, -0.2) is 4.98 Å². The molecule has 1 aromatic carbocycles. The normalized spacial score (nSPS) is 12.0. The summed E-state index contributed by atoms with van der Waals surface area (Å²) in [7, 11) is 1.91. The van der Waals surface area contributed by atoms with Crippen molar-refractivity contribution in [1.29, 1.82) is 0 Å². The lowest BCUT2D eigenvalue weighted by Gasteiger charge is -2.07. The summed E-state index contributed by atoms with van der Waals surface area (Å²) in [6.45, 7) is 4.49. The first-order valence-electron chi connectivity index (χ1n) is 9.28. The number of pyridine rings is 1. The molecule has 0 saturated heterocycles. The molecule has 0 aliphatic rings. The van der Waals surface area contributed by atoms with Gasteiger partial charge in [0.15, 0.2) is 5.82 Å². The number of nitrogens with zero attached hydrogens (tertiary/aromatic N) is 4. The Hall–Kier alpha value is -2.90. The van der Waals surface area contributed by atoms with Gasteiger partial charge in [-0.15, -0.1) is 12.4 Å². The lowest BCUT2D eigenvalue weighted by molar-refractivity contribution is 0.301. The van der Waals surface area contributed by atoms with E-state index in [0.717, 1.165) is 16.9 Å². The van der Waals surface area contributed by atoms with E-state index in [1.807, 2.05) is 60.2 Å². The van der Waals surface area contributed by atoms with Crippen molar-refractivity contribution in [1.82, 2.24) is 24.8 Å². The molecule has 152 valence electrons. The maximum Gasteiger partial charge on any atom is 0.261 e. The number of halogens is 1. The molecule has 7 nitrogen and oxygen atoms in total. The smallest absolute Gasteiger partial charge is 0.261 e. The van der Waals surface area contributed by atoms with Crippen molar-refractivity contribution >= 4 is 18.1 Å². The van der Waals surface area contributed by atoms with E-state index in [0.29, 0.717) is 30.5 Å². The number of hydrogen-bond donors (Lipinski definition) is 1. The van der Waals surface area contributed by atoms with Crippen LogP contribution in [0.5, 0.6) is 5.75 Å². The molecule has 0 amide bonds. The second-order valence-electron chi connectivity index (χ2n) is 6.90. The summed E-state index contributed by atoms with van der Waals surface area (Å²) in [5.74, 6) is 1.81. The van der Waals surface area contributed by atoms with Gasteiger partial charge in [-0.2, -0.15) is 4.98 Å². The van der Waals surface area contributed by atoms with Crippen LogP contribution in [0.1, 0.15) is 24.0 Å². The summed E-state index contributed by atoms with van der Waals surface area (Å²) in [5.41, 5.74) is 3.72. The second-order valence-corrected chi connectivity index (χ2v) is 6.90. The predicted molar refractivity (Wildman–Crippen MR) is 113 cm³/mol. The highest BCUT2D eigenvalue weighted by molar-refractivity contribution is 5.85. The van der Waals surface area contributed by atoms with Crippen molar-refractivity contribution in [2.75, 3.05) is 7.05 Å². The first kappa shape index (κ1) is 20.8. The Bertz CT molecular complexity index is 1090. The molecule has 0 bridgehead atoms. The largest absolute Gasteiger partial charge is 0.486 e. The monoisotopic (exact) mass is 413 g/mol. The molecule has 4 aromatic rings. The molecule has 0 saturated carbocycles. The summed E-state index contributed by atoms with van der Waals surface area (Å²) in [5, 5.41) is 7.25. The zero-order chi connectivity index (χ0) is 19.5. The Morgan fingerprint density at radius 2 is 1.97 bits per heavy atom. The van der Waals surface area contributed by atoms with Gasteiger partial charge in [-0.05, 0) is 44.7 Å². The van der Waals surface area contributed by atoms with Gasteiger partial charge in [0, 0.05) is 24.9 Å². The number of aromatic nitrogens is 4. The molecule has 1 N–H and O–H groups in total. The maximum atomic E-state index is 6.03. The van der Waals surface area contributed by atoms with Gasteiger partial charge in [0.25, 0.3) is 5.89 Å². The number of para-hydroxylation sites is 1. The van der Waals surface area contributed by atoms with Crippen molar-refractivity contribution in [3.8, 4) is 17.2 Å². The minimum Gasteiger partial charge on any atom is -0.486 e. The van der Waals surface area contributed by atoms with Crippen LogP contribution in [0.4, 0.5) is 0 Å². The molecule has 29 heavy (non-hydrogen) atoms. The van der Waals surface area contributed by atoms with Crippen molar-refractivity contribution in [3.05, 3.63) is 65.9 Å². The number of hydrogen-bond acceptors (Lipinski definition) is 6. The SMILES string of the molecule is CNC(C)Cc1noc(-c2ccccc2OCc2cn3cc(C)ccc3n2)n1.Cl. The summed E-state index contributed by atoms with van der Waals surface area (Å²) >= 11 is 0. The molecule has 1 unspecified atom stereocenters. The molecular formula is C21H24ClN5O2. The molecular weight excluding hydrogens is 390 g/mol. The van der Waals surface area contributed by atoms with E-state index >= 15 is 0 Å². The third kappa shape index (κ3) is 4.75. The summed E-state index contributed by atoms with van der Waals surface area (Å²) < 4.78 is 13.5. The van der Waals surface area contributed by atoms with Crippen LogP contribution < -0.4 is 10.1 Å². The molecule has 0 spiro atoms. The topological polar surface area (TPSA) is 77.5 Å². The molecule has 0 aliphatic heterocycles. The van der Waals surface area contributed by atoms with Gasteiger partial charge < -0.3 is 19.0 Å². The summed E-state index contributed by atoms with van der Waals surface area (Å²) in [4.78, 5) is 9.11. The van der Waals surface area contributed by atoms with E-state index in [1.54, 1.807) is 0 Å². The Morgan fingerprint density at radius 3 is 2.79 bits per heavy atom. The van der Waals surface area contributed by atoms with Crippen molar-refractivity contribution in [2.45, 2.75) is 32.9 Å². The van der Waals surface area contributed by atoms with Crippen LogP contribution in [0.2, 0.25) is 0 Å². The minimum absolute atomic E-state index is 0. The van der Waals surface area contributed by atoms with Gasteiger partial charge in [-0.1, -0.05) is 23.4 Å². The van der Waals surface area contributed by atoms with E-state index < -0.39 is 0 Å². The number of rotatable bonds is 7. The van der Waals surface area contributed by atoms with Crippen molar-refractivity contribution < 1.29 is 9.26 Å². The van der Waals surface area contributed by atoms with Gasteiger partial charge >= 0.3 is 0 Å². The Labute approximate surface area is 175 Å². The van der Waals surface area contributed by atoms with E-state index in [4.69, 9.17) is 9.26 Å². The first-order valence-corrected chi connectivity index (χ1v) is 9.28. The Morgan fingerprint density at radius 1 is 1.14 bits per heavy atom. The number of likely N-dealkylation sites (N-methyl/N-ethyl adjacent to an activating group) is 1. The molecule has 4 rings (SSSR count). The van der Waals surface area contributed by atoms with Crippen LogP contribution in [-0.4, -0.2) is 32.6 Å². The molecule has 3 aromatic heterocycles. The van der Waals surface area contributed by atoms with Crippen LogP contribution >= 0.6 is 12.4 Å². The molecule has 0 aliphatic carbocycles. The molecule has 0 radical (unpaired) electrons. The number of fused-ring (bicyclic) bond motifs is 1. The second kappa shape index (κ2) is 9.07. The predicted octanol–water partition coefficient (Wildman–Crippen LogP) is 3.84. The zero-order valence-corrected chi connectivity index (χ0v) is 17.4. The quantitative estimate of drug-likeness (QED) is 0.496. The molecule has 8 heteroatoms. The van der Waals surface area contributed by atoms with Crippen LogP contribution in [-0.2, 0) is 13.0 Å².